The monoisotopic (exact) mass is 458 g/mol. The molecule has 3 rings (SSSR count). The van der Waals surface area contributed by atoms with E-state index in [4.69, 9.17) is 21.1 Å². The molecule has 6 nitrogen and oxygen atoms in total. The van der Waals surface area contributed by atoms with Gasteiger partial charge < -0.3 is 9.47 Å². The van der Waals surface area contributed by atoms with Gasteiger partial charge in [0.05, 0.1) is 17.2 Å². The third-order valence-electron chi connectivity index (χ3n) is 4.23. The van der Waals surface area contributed by atoms with Gasteiger partial charge >= 0.3 is 5.97 Å². The highest BCUT2D eigenvalue weighted by molar-refractivity contribution is 8.18. The van der Waals surface area contributed by atoms with E-state index in [0.717, 1.165) is 17.7 Å². The van der Waals surface area contributed by atoms with Crippen molar-refractivity contribution in [2.24, 2.45) is 4.99 Å². The molecule has 1 aliphatic heterocycles. The third kappa shape index (κ3) is 6.35. The Morgan fingerprint density at radius 1 is 1.13 bits per heavy atom. The fourth-order valence-electron chi connectivity index (χ4n) is 2.79. The zero-order valence-electron chi connectivity index (χ0n) is 17.3. The first-order valence-electron chi connectivity index (χ1n) is 9.94. The van der Waals surface area contributed by atoms with Crippen molar-refractivity contribution in [3.05, 3.63) is 64.0 Å². The number of nitrogens with zero attached hydrogens (tertiary/aromatic N) is 2. The molecule has 0 spiro atoms. The third-order valence-corrected chi connectivity index (χ3v) is 5.49. The molecule has 0 saturated carbocycles. The van der Waals surface area contributed by atoms with Crippen LogP contribution in [0.4, 0.5) is 5.69 Å². The molecule has 1 heterocycles. The SMILES string of the molecule is CCCN1C(=O)/C(=C/c2ccc(OCC(=O)OCC)cc2)SC1=Nc1ccc(Cl)cc1. The molecule has 0 atom stereocenters. The number of carbonyl (C=O) groups excluding carboxylic acids is 2. The van der Waals surface area contributed by atoms with E-state index in [1.807, 2.05) is 37.3 Å². The van der Waals surface area contributed by atoms with Crippen molar-refractivity contribution in [1.29, 1.82) is 0 Å². The lowest BCUT2D eigenvalue weighted by atomic mass is 10.2. The largest absolute Gasteiger partial charge is 0.482 e. The fourth-order valence-corrected chi connectivity index (χ4v) is 3.95. The Bertz CT molecular complexity index is 988. The van der Waals surface area contributed by atoms with E-state index in [-0.39, 0.29) is 12.5 Å². The van der Waals surface area contributed by atoms with Gasteiger partial charge in [-0.05, 0) is 73.1 Å². The summed E-state index contributed by atoms with van der Waals surface area (Å²) in [6.45, 7) is 4.54. The number of halogens is 1. The molecule has 0 radical (unpaired) electrons. The Hall–Kier alpha value is -2.77. The first-order chi connectivity index (χ1) is 15.0. The Kier molecular flexibility index (Phi) is 8.14. The number of amidine groups is 1. The van der Waals surface area contributed by atoms with Crippen LogP contribution in [0.25, 0.3) is 6.08 Å². The van der Waals surface area contributed by atoms with Gasteiger partial charge in [0.1, 0.15) is 5.75 Å². The zero-order valence-corrected chi connectivity index (χ0v) is 18.9. The number of ether oxygens (including phenoxy) is 2. The number of amides is 1. The summed E-state index contributed by atoms with van der Waals surface area (Å²) in [5.74, 6) is 0.0746. The molecular formula is C23H23ClN2O4S. The van der Waals surface area contributed by atoms with Crippen LogP contribution in [0.3, 0.4) is 0 Å². The number of hydrogen-bond donors (Lipinski definition) is 0. The second-order valence-corrected chi connectivity index (χ2v) is 8.05. The van der Waals surface area contributed by atoms with Gasteiger partial charge in [-0.2, -0.15) is 0 Å². The van der Waals surface area contributed by atoms with Gasteiger partial charge in [-0.3, -0.25) is 9.69 Å². The van der Waals surface area contributed by atoms with E-state index in [1.54, 1.807) is 36.1 Å². The zero-order chi connectivity index (χ0) is 22.2. The van der Waals surface area contributed by atoms with Crippen molar-refractivity contribution in [2.45, 2.75) is 20.3 Å². The Balaban J connectivity index is 1.74. The average Bonchev–Trinajstić information content (AvgIpc) is 3.04. The number of esters is 1. The molecule has 8 heteroatoms. The summed E-state index contributed by atoms with van der Waals surface area (Å²) in [6.07, 6.45) is 2.65. The summed E-state index contributed by atoms with van der Waals surface area (Å²) in [4.78, 5) is 31.2. The molecule has 0 N–H and O–H groups in total. The number of hydrogen-bond acceptors (Lipinski definition) is 6. The summed E-state index contributed by atoms with van der Waals surface area (Å²) in [5.41, 5.74) is 1.59. The maximum absolute atomic E-state index is 12.9. The standard InChI is InChI=1S/C23H23ClN2O4S/c1-3-13-26-22(28)20(31-23(26)25-18-9-7-17(24)8-10-18)14-16-5-11-19(12-6-16)30-15-21(27)29-4-2/h5-12,14H,3-4,13,15H2,1-2H3/b20-14-,25-23?. The lowest BCUT2D eigenvalue weighted by Crippen LogP contribution is -2.29. The number of benzene rings is 2. The van der Waals surface area contributed by atoms with Gasteiger partial charge in [0.2, 0.25) is 0 Å². The molecule has 1 fully saturated rings. The van der Waals surface area contributed by atoms with Crippen LogP contribution in [0.5, 0.6) is 5.75 Å². The maximum atomic E-state index is 12.9. The van der Waals surface area contributed by atoms with Crippen LogP contribution in [0.1, 0.15) is 25.8 Å². The van der Waals surface area contributed by atoms with Gasteiger partial charge in [-0.25, -0.2) is 9.79 Å². The molecule has 1 amide bonds. The molecule has 2 aromatic carbocycles. The maximum Gasteiger partial charge on any atom is 0.344 e. The van der Waals surface area contributed by atoms with E-state index < -0.39 is 5.97 Å². The molecule has 2 aromatic rings. The van der Waals surface area contributed by atoms with Crippen molar-refractivity contribution >= 4 is 52.2 Å². The van der Waals surface area contributed by atoms with Gasteiger partial charge in [-0.1, -0.05) is 30.7 Å². The minimum absolute atomic E-state index is 0.0674. The van der Waals surface area contributed by atoms with E-state index in [2.05, 4.69) is 4.99 Å². The van der Waals surface area contributed by atoms with Gasteiger partial charge in [0, 0.05) is 11.6 Å². The van der Waals surface area contributed by atoms with Crippen LogP contribution in [0.2, 0.25) is 5.02 Å². The van der Waals surface area contributed by atoms with E-state index in [0.29, 0.717) is 34.0 Å². The molecule has 1 aliphatic rings. The summed E-state index contributed by atoms with van der Waals surface area (Å²) in [5, 5.41) is 1.29. The Morgan fingerprint density at radius 2 is 1.84 bits per heavy atom. The highest BCUT2D eigenvalue weighted by atomic mass is 35.5. The van der Waals surface area contributed by atoms with Crippen LogP contribution in [0.15, 0.2) is 58.4 Å². The predicted molar refractivity (Wildman–Crippen MR) is 125 cm³/mol. The van der Waals surface area contributed by atoms with E-state index in [1.165, 1.54) is 11.8 Å². The minimum Gasteiger partial charge on any atom is -0.482 e. The molecule has 1 saturated heterocycles. The van der Waals surface area contributed by atoms with Crippen LogP contribution in [0, 0.1) is 0 Å². The van der Waals surface area contributed by atoms with Gasteiger partial charge in [0.25, 0.3) is 5.91 Å². The van der Waals surface area contributed by atoms with Crippen molar-refractivity contribution < 1.29 is 19.1 Å². The summed E-state index contributed by atoms with van der Waals surface area (Å²) in [6, 6.07) is 14.4. The highest BCUT2D eigenvalue weighted by Gasteiger charge is 2.32. The van der Waals surface area contributed by atoms with Crippen molar-refractivity contribution in [2.75, 3.05) is 19.8 Å². The van der Waals surface area contributed by atoms with Crippen LogP contribution >= 0.6 is 23.4 Å². The van der Waals surface area contributed by atoms with Gasteiger partial charge in [0.15, 0.2) is 11.8 Å². The first-order valence-corrected chi connectivity index (χ1v) is 11.1. The van der Waals surface area contributed by atoms with Crippen LogP contribution in [-0.2, 0) is 14.3 Å². The van der Waals surface area contributed by atoms with Crippen molar-refractivity contribution in [1.82, 2.24) is 4.90 Å². The number of thioether (sulfide) groups is 1. The predicted octanol–water partition coefficient (Wildman–Crippen LogP) is 5.30. The van der Waals surface area contributed by atoms with E-state index >= 15 is 0 Å². The Morgan fingerprint density at radius 3 is 2.48 bits per heavy atom. The second-order valence-electron chi connectivity index (χ2n) is 6.60. The molecular weight excluding hydrogens is 436 g/mol. The average molecular weight is 459 g/mol. The number of aliphatic imine (C=N–C) groups is 1. The molecule has 162 valence electrons. The first kappa shape index (κ1) is 22.9. The topological polar surface area (TPSA) is 68.2 Å². The summed E-state index contributed by atoms with van der Waals surface area (Å²) >= 11 is 7.29. The van der Waals surface area contributed by atoms with Crippen LogP contribution < -0.4 is 4.74 Å². The van der Waals surface area contributed by atoms with Crippen LogP contribution in [-0.4, -0.2) is 41.7 Å². The molecule has 31 heavy (non-hydrogen) atoms. The number of carbonyl (C=O) groups is 2. The quantitative estimate of drug-likeness (QED) is 0.397. The summed E-state index contributed by atoms with van der Waals surface area (Å²) in [7, 11) is 0. The minimum atomic E-state index is -0.412. The van der Waals surface area contributed by atoms with E-state index in [9.17, 15) is 9.59 Å². The van der Waals surface area contributed by atoms with Crippen molar-refractivity contribution in [3.8, 4) is 5.75 Å². The molecule has 0 bridgehead atoms. The molecule has 0 unspecified atom stereocenters. The molecule has 0 aliphatic carbocycles. The second kappa shape index (κ2) is 11.0. The fraction of sp³-hybridized carbons (Fsp3) is 0.261. The molecule has 0 aromatic heterocycles. The van der Waals surface area contributed by atoms with Gasteiger partial charge in [-0.15, -0.1) is 0 Å². The van der Waals surface area contributed by atoms with Crippen molar-refractivity contribution in [3.63, 3.8) is 0 Å². The Labute approximate surface area is 190 Å². The lowest BCUT2D eigenvalue weighted by Gasteiger charge is -2.13. The summed E-state index contributed by atoms with van der Waals surface area (Å²) < 4.78 is 10.2. The number of rotatable bonds is 8. The smallest absolute Gasteiger partial charge is 0.344 e. The lowest BCUT2D eigenvalue weighted by molar-refractivity contribution is -0.145. The highest BCUT2D eigenvalue weighted by Crippen LogP contribution is 2.34. The normalized spacial score (nSPS) is 16.2.